The monoisotopic (exact) mass is 406 g/mol. The summed E-state index contributed by atoms with van der Waals surface area (Å²) in [7, 11) is 0. The highest BCUT2D eigenvalue weighted by molar-refractivity contribution is 6.09. The number of ether oxygens (including phenoxy) is 1. The first-order valence-corrected chi connectivity index (χ1v) is 10.9. The van der Waals surface area contributed by atoms with Crippen LogP contribution in [0.2, 0.25) is 0 Å². The first-order valence-electron chi connectivity index (χ1n) is 10.9. The van der Waals surface area contributed by atoms with Crippen LogP contribution in [0.5, 0.6) is 5.75 Å². The lowest BCUT2D eigenvalue weighted by molar-refractivity contribution is 0.306. The van der Waals surface area contributed by atoms with E-state index in [1.165, 1.54) is 32.9 Å². The SMILES string of the molecule is Cc1nccc2c3ccc(OCc4ccccc4)cc3n(CCCc3ccccc3)c12. The summed E-state index contributed by atoms with van der Waals surface area (Å²) in [5.41, 5.74) is 6.06. The zero-order chi connectivity index (χ0) is 21.0. The van der Waals surface area contributed by atoms with Crippen molar-refractivity contribution in [3.8, 4) is 5.75 Å². The molecule has 0 saturated heterocycles. The van der Waals surface area contributed by atoms with Crippen LogP contribution < -0.4 is 4.74 Å². The van der Waals surface area contributed by atoms with Crippen LogP contribution in [-0.4, -0.2) is 9.55 Å². The van der Waals surface area contributed by atoms with Crippen LogP contribution in [0.1, 0.15) is 23.2 Å². The number of fused-ring (bicyclic) bond motifs is 3. The van der Waals surface area contributed by atoms with Gasteiger partial charge in [-0.25, -0.2) is 0 Å². The van der Waals surface area contributed by atoms with Crippen LogP contribution in [0.25, 0.3) is 21.8 Å². The van der Waals surface area contributed by atoms with Gasteiger partial charge >= 0.3 is 0 Å². The summed E-state index contributed by atoms with van der Waals surface area (Å²) in [5, 5.41) is 2.52. The van der Waals surface area contributed by atoms with Gasteiger partial charge in [-0.15, -0.1) is 0 Å². The maximum absolute atomic E-state index is 6.13. The Hall–Kier alpha value is -3.59. The van der Waals surface area contributed by atoms with E-state index < -0.39 is 0 Å². The Morgan fingerprint density at radius 1 is 0.806 bits per heavy atom. The summed E-state index contributed by atoms with van der Waals surface area (Å²) >= 11 is 0. The largest absolute Gasteiger partial charge is 0.489 e. The summed E-state index contributed by atoms with van der Waals surface area (Å²) < 4.78 is 8.55. The van der Waals surface area contributed by atoms with Crippen molar-refractivity contribution in [3.63, 3.8) is 0 Å². The second kappa shape index (κ2) is 8.65. The third kappa shape index (κ3) is 4.04. The van der Waals surface area contributed by atoms with Gasteiger partial charge in [-0.1, -0.05) is 60.7 Å². The topological polar surface area (TPSA) is 27.1 Å². The van der Waals surface area contributed by atoms with Gasteiger partial charge in [-0.3, -0.25) is 4.98 Å². The summed E-state index contributed by atoms with van der Waals surface area (Å²) in [5.74, 6) is 0.897. The van der Waals surface area contributed by atoms with E-state index in [1.807, 2.05) is 24.4 Å². The molecule has 0 aliphatic heterocycles. The normalized spacial score (nSPS) is 11.3. The molecule has 5 aromatic rings. The molecule has 0 N–H and O–H groups in total. The average Bonchev–Trinajstić information content (AvgIpc) is 3.13. The van der Waals surface area contributed by atoms with Gasteiger partial charge in [0.2, 0.25) is 0 Å². The molecule has 0 unspecified atom stereocenters. The molecule has 2 aromatic heterocycles. The smallest absolute Gasteiger partial charge is 0.121 e. The Morgan fingerprint density at radius 2 is 1.55 bits per heavy atom. The molecule has 0 bridgehead atoms. The highest BCUT2D eigenvalue weighted by Crippen LogP contribution is 2.33. The zero-order valence-electron chi connectivity index (χ0n) is 17.8. The lowest BCUT2D eigenvalue weighted by atomic mass is 10.1. The molecule has 0 aliphatic carbocycles. The summed E-state index contributed by atoms with van der Waals surface area (Å²) in [4.78, 5) is 4.58. The second-order valence-corrected chi connectivity index (χ2v) is 7.99. The quantitative estimate of drug-likeness (QED) is 0.300. The second-order valence-electron chi connectivity index (χ2n) is 7.99. The fourth-order valence-electron chi connectivity index (χ4n) is 4.35. The molecule has 2 heterocycles. The summed E-state index contributed by atoms with van der Waals surface area (Å²) in [6.07, 6.45) is 4.04. The van der Waals surface area contributed by atoms with Gasteiger partial charge in [0.25, 0.3) is 0 Å². The maximum atomic E-state index is 6.13. The van der Waals surface area contributed by atoms with Gasteiger partial charge in [-0.05, 0) is 49.1 Å². The van der Waals surface area contributed by atoms with Crippen molar-refractivity contribution in [2.45, 2.75) is 32.9 Å². The van der Waals surface area contributed by atoms with Crippen LogP contribution in [0.15, 0.2) is 91.1 Å². The molecule has 5 rings (SSSR count). The number of rotatable bonds is 7. The highest BCUT2D eigenvalue weighted by Gasteiger charge is 2.14. The molecular weight excluding hydrogens is 380 g/mol. The van der Waals surface area contributed by atoms with Gasteiger partial charge in [0.15, 0.2) is 0 Å². The van der Waals surface area contributed by atoms with E-state index >= 15 is 0 Å². The van der Waals surface area contributed by atoms with Gasteiger partial charge in [0, 0.05) is 29.6 Å². The molecule has 154 valence electrons. The van der Waals surface area contributed by atoms with E-state index in [9.17, 15) is 0 Å². The molecule has 3 heteroatoms. The molecule has 0 aliphatic rings. The molecule has 3 nitrogen and oxygen atoms in total. The van der Waals surface area contributed by atoms with E-state index in [0.717, 1.165) is 30.8 Å². The lowest BCUT2D eigenvalue weighted by Crippen LogP contribution is -2.02. The van der Waals surface area contributed by atoms with Crippen LogP contribution in [0, 0.1) is 6.92 Å². The van der Waals surface area contributed by atoms with Gasteiger partial charge in [0.1, 0.15) is 12.4 Å². The van der Waals surface area contributed by atoms with Crippen molar-refractivity contribution in [2.24, 2.45) is 0 Å². The van der Waals surface area contributed by atoms with E-state index in [0.29, 0.717) is 6.61 Å². The standard InChI is InChI=1S/C28H26N2O/c1-21-28-26(16-17-29-21)25-15-14-24(31-20-23-11-6-3-7-12-23)19-27(25)30(28)18-8-13-22-9-4-2-5-10-22/h2-7,9-12,14-17,19H,8,13,18,20H2,1H3. The first-order chi connectivity index (χ1) is 15.3. The Labute approximate surface area is 182 Å². The van der Waals surface area contributed by atoms with Crippen molar-refractivity contribution < 1.29 is 4.74 Å². The molecule has 31 heavy (non-hydrogen) atoms. The minimum atomic E-state index is 0.571. The van der Waals surface area contributed by atoms with Crippen molar-refractivity contribution in [1.29, 1.82) is 0 Å². The maximum Gasteiger partial charge on any atom is 0.121 e. The van der Waals surface area contributed by atoms with Crippen LogP contribution in [-0.2, 0) is 19.6 Å². The lowest BCUT2D eigenvalue weighted by Gasteiger charge is -2.11. The molecule has 0 atom stereocenters. The molecule has 0 amide bonds. The van der Waals surface area contributed by atoms with Crippen molar-refractivity contribution >= 4 is 21.8 Å². The zero-order valence-corrected chi connectivity index (χ0v) is 17.8. The fourth-order valence-corrected chi connectivity index (χ4v) is 4.35. The average molecular weight is 407 g/mol. The minimum Gasteiger partial charge on any atom is -0.489 e. The predicted octanol–water partition coefficient (Wildman–Crippen LogP) is 6.71. The number of aromatic nitrogens is 2. The number of pyridine rings is 1. The van der Waals surface area contributed by atoms with E-state index in [1.54, 1.807) is 0 Å². The molecular formula is C28H26N2O. The van der Waals surface area contributed by atoms with Crippen molar-refractivity contribution in [3.05, 3.63) is 108 Å². The number of hydrogen-bond acceptors (Lipinski definition) is 2. The Morgan fingerprint density at radius 3 is 2.32 bits per heavy atom. The number of nitrogens with zero attached hydrogens (tertiary/aromatic N) is 2. The molecule has 0 spiro atoms. The number of aryl methyl sites for hydroxylation is 3. The predicted molar refractivity (Wildman–Crippen MR) is 128 cm³/mol. The number of hydrogen-bond donors (Lipinski definition) is 0. The van der Waals surface area contributed by atoms with E-state index in [-0.39, 0.29) is 0 Å². The fraction of sp³-hybridized carbons (Fsp3) is 0.179. The molecule has 3 aromatic carbocycles. The highest BCUT2D eigenvalue weighted by atomic mass is 16.5. The van der Waals surface area contributed by atoms with E-state index in [4.69, 9.17) is 4.74 Å². The van der Waals surface area contributed by atoms with Crippen LogP contribution in [0.3, 0.4) is 0 Å². The van der Waals surface area contributed by atoms with Gasteiger partial charge in [0.05, 0.1) is 16.7 Å². The first kappa shape index (κ1) is 19.4. The number of benzene rings is 3. The Bertz CT molecular complexity index is 1310. The summed E-state index contributed by atoms with van der Waals surface area (Å²) in [6.45, 7) is 3.62. The van der Waals surface area contributed by atoms with Crippen molar-refractivity contribution in [1.82, 2.24) is 9.55 Å². The Kier molecular flexibility index (Phi) is 5.40. The third-order valence-electron chi connectivity index (χ3n) is 5.87. The molecule has 0 fully saturated rings. The summed E-state index contributed by atoms with van der Waals surface area (Å²) in [6, 6.07) is 29.6. The van der Waals surface area contributed by atoms with Crippen molar-refractivity contribution in [2.75, 3.05) is 0 Å². The van der Waals surface area contributed by atoms with E-state index in [2.05, 4.69) is 83.2 Å². The molecule has 0 saturated carbocycles. The van der Waals surface area contributed by atoms with Crippen LogP contribution >= 0.6 is 0 Å². The molecule has 0 radical (unpaired) electrons. The van der Waals surface area contributed by atoms with Gasteiger partial charge < -0.3 is 9.30 Å². The minimum absolute atomic E-state index is 0.571. The third-order valence-corrected chi connectivity index (χ3v) is 5.87. The van der Waals surface area contributed by atoms with Gasteiger partial charge in [-0.2, -0.15) is 0 Å². The Balaban J connectivity index is 1.47. The van der Waals surface area contributed by atoms with Crippen LogP contribution in [0.4, 0.5) is 0 Å².